The van der Waals surface area contributed by atoms with Gasteiger partial charge in [-0.2, -0.15) is 0 Å². The van der Waals surface area contributed by atoms with Gasteiger partial charge in [0.15, 0.2) is 6.61 Å². The first kappa shape index (κ1) is 17.4. The highest BCUT2D eigenvalue weighted by atomic mass is 32.2. The van der Waals surface area contributed by atoms with Gasteiger partial charge in [-0.1, -0.05) is 45.0 Å². The number of ether oxygens (including phenoxy) is 1. The van der Waals surface area contributed by atoms with Gasteiger partial charge in [0.2, 0.25) is 0 Å². The molecule has 2 aromatic carbocycles. The molecule has 1 N–H and O–H groups in total. The van der Waals surface area contributed by atoms with Gasteiger partial charge in [-0.3, -0.25) is 4.79 Å². The van der Waals surface area contributed by atoms with Crippen LogP contribution in [-0.2, 0) is 4.79 Å². The van der Waals surface area contributed by atoms with Crippen molar-refractivity contribution in [2.24, 2.45) is 0 Å². The fourth-order valence-electron chi connectivity index (χ4n) is 2.14. The van der Waals surface area contributed by atoms with Crippen LogP contribution in [0.2, 0.25) is 0 Å². The summed E-state index contributed by atoms with van der Waals surface area (Å²) in [7, 11) is 0. The summed E-state index contributed by atoms with van der Waals surface area (Å²) in [5, 5.41) is 2.91. The van der Waals surface area contributed by atoms with Crippen LogP contribution < -0.4 is 10.1 Å². The Labute approximate surface area is 142 Å². The highest BCUT2D eigenvalue weighted by Gasteiger charge is 2.08. The highest BCUT2D eigenvalue weighted by molar-refractivity contribution is 7.99. The molecule has 0 spiro atoms. The zero-order valence-corrected chi connectivity index (χ0v) is 14.7. The van der Waals surface area contributed by atoms with E-state index >= 15 is 0 Å². The predicted molar refractivity (Wildman–Crippen MR) is 97.5 cm³/mol. The van der Waals surface area contributed by atoms with E-state index in [2.05, 4.69) is 26.1 Å². The normalized spacial score (nSPS) is 10.6. The summed E-state index contributed by atoms with van der Waals surface area (Å²) >= 11 is 1.71. The number of carbonyl (C=O) groups is 1. The molecular formula is C19H23NO2S. The fourth-order valence-corrected chi connectivity index (χ4v) is 2.90. The Morgan fingerprint density at radius 2 is 1.83 bits per heavy atom. The Morgan fingerprint density at radius 3 is 2.48 bits per heavy atom. The summed E-state index contributed by atoms with van der Waals surface area (Å²) in [6.45, 7) is 6.39. The van der Waals surface area contributed by atoms with Crippen LogP contribution in [-0.4, -0.2) is 18.3 Å². The first-order valence-corrected chi connectivity index (χ1v) is 8.83. The number of carbonyl (C=O) groups excluding carboxylic acids is 1. The molecule has 2 aromatic rings. The van der Waals surface area contributed by atoms with Crippen molar-refractivity contribution in [3.8, 4) is 5.75 Å². The van der Waals surface area contributed by atoms with Crippen LogP contribution in [0.25, 0.3) is 0 Å². The van der Waals surface area contributed by atoms with Crippen molar-refractivity contribution < 1.29 is 9.53 Å². The topological polar surface area (TPSA) is 38.3 Å². The molecule has 0 aliphatic heterocycles. The van der Waals surface area contributed by atoms with Crippen LogP contribution in [0.4, 0.5) is 5.69 Å². The van der Waals surface area contributed by atoms with Gasteiger partial charge in [-0.25, -0.2) is 0 Å². The minimum absolute atomic E-state index is 0.00610. The molecule has 3 nitrogen and oxygen atoms in total. The minimum Gasteiger partial charge on any atom is -0.484 e. The lowest BCUT2D eigenvalue weighted by Gasteiger charge is -2.11. The summed E-state index contributed by atoms with van der Waals surface area (Å²) in [5.41, 5.74) is 2.09. The lowest BCUT2D eigenvalue weighted by Crippen LogP contribution is -2.20. The van der Waals surface area contributed by atoms with Gasteiger partial charge in [0.1, 0.15) is 5.75 Å². The molecule has 122 valence electrons. The number of amides is 1. The molecule has 0 atom stereocenters. The largest absolute Gasteiger partial charge is 0.484 e. The third kappa shape index (κ3) is 5.32. The smallest absolute Gasteiger partial charge is 0.262 e. The van der Waals surface area contributed by atoms with Crippen molar-refractivity contribution in [3.05, 3.63) is 54.1 Å². The molecule has 0 fully saturated rings. The van der Waals surface area contributed by atoms with E-state index in [1.54, 1.807) is 11.8 Å². The Hall–Kier alpha value is -1.94. The average molecular weight is 329 g/mol. The van der Waals surface area contributed by atoms with E-state index < -0.39 is 0 Å². The Balaban J connectivity index is 1.90. The second-order valence-electron chi connectivity index (χ2n) is 5.49. The maximum Gasteiger partial charge on any atom is 0.262 e. The van der Waals surface area contributed by atoms with E-state index in [0.29, 0.717) is 11.7 Å². The Kier molecular flexibility index (Phi) is 6.53. The third-order valence-electron chi connectivity index (χ3n) is 3.38. The quantitative estimate of drug-likeness (QED) is 0.731. The second-order valence-corrected chi connectivity index (χ2v) is 6.80. The number of para-hydroxylation sites is 1. The molecule has 0 aromatic heterocycles. The zero-order chi connectivity index (χ0) is 16.7. The van der Waals surface area contributed by atoms with Gasteiger partial charge >= 0.3 is 0 Å². The summed E-state index contributed by atoms with van der Waals surface area (Å²) in [5.74, 6) is 2.01. The molecule has 1 amide bonds. The maximum atomic E-state index is 12.1. The van der Waals surface area contributed by atoms with Crippen molar-refractivity contribution in [2.45, 2.75) is 31.6 Å². The molecule has 0 saturated heterocycles. The zero-order valence-electron chi connectivity index (χ0n) is 13.8. The van der Waals surface area contributed by atoms with Crippen molar-refractivity contribution in [1.29, 1.82) is 0 Å². The molecule has 0 heterocycles. The van der Waals surface area contributed by atoms with Gasteiger partial charge in [-0.15, -0.1) is 11.8 Å². The lowest BCUT2D eigenvalue weighted by atomic mass is 10.0. The molecule has 0 aliphatic carbocycles. The van der Waals surface area contributed by atoms with Gasteiger partial charge in [0.25, 0.3) is 5.91 Å². The third-order valence-corrected chi connectivity index (χ3v) is 4.33. The van der Waals surface area contributed by atoms with Crippen LogP contribution in [0.5, 0.6) is 5.75 Å². The number of benzene rings is 2. The van der Waals surface area contributed by atoms with Crippen LogP contribution in [0.15, 0.2) is 53.4 Å². The number of hydrogen-bond donors (Lipinski definition) is 1. The van der Waals surface area contributed by atoms with Gasteiger partial charge in [0.05, 0.1) is 5.69 Å². The number of nitrogens with one attached hydrogen (secondary N) is 1. The number of hydrogen-bond acceptors (Lipinski definition) is 3. The van der Waals surface area contributed by atoms with Crippen molar-refractivity contribution in [1.82, 2.24) is 0 Å². The summed E-state index contributed by atoms with van der Waals surface area (Å²) < 4.78 is 5.56. The number of anilines is 1. The molecule has 0 saturated carbocycles. The molecule has 2 rings (SSSR count). The fraction of sp³-hybridized carbons (Fsp3) is 0.316. The molecular weight excluding hydrogens is 306 g/mol. The molecule has 0 aliphatic rings. The van der Waals surface area contributed by atoms with E-state index in [-0.39, 0.29) is 12.5 Å². The van der Waals surface area contributed by atoms with Gasteiger partial charge in [0, 0.05) is 4.90 Å². The van der Waals surface area contributed by atoms with Crippen molar-refractivity contribution in [2.75, 3.05) is 17.7 Å². The number of rotatable bonds is 7. The van der Waals surface area contributed by atoms with E-state index in [0.717, 1.165) is 16.3 Å². The first-order chi connectivity index (χ1) is 11.1. The SMILES string of the molecule is CCSc1ccccc1NC(=O)COc1ccc(C(C)C)cc1. The van der Waals surface area contributed by atoms with Crippen molar-refractivity contribution >= 4 is 23.4 Å². The average Bonchev–Trinajstić information content (AvgIpc) is 2.55. The van der Waals surface area contributed by atoms with Gasteiger partial charge < -0.3 is 10.1 Å². The maximum absolute atomic E-state index is 12.1. The second kappa shape index (κ2) is 8.63. The van der Waals surface area contributed by atoms with E-state index in [1.165, 1.54) is 5.56 Å². The van der Waals surface area contributed by atoms with Crippen LogP contribution in [0.3, 0.4) is 0 Å². The highest BCUT2D eigenvalue weighted by Crippen LogP contribution is 2.26. The summed E-state index contributed by atoms with van der Waals surface area (Å²) in [6, 6.07) is 15.7. The van der Waals surface area contributed by atoms with Gasteiger partial charge in [-0.05, 0) is 41.5 Å². The van der Waals surface area contributed by atoms with E-state index in [1.807, 2.05) is 48.5 Å². The standard InChI is InChI=1S/C19H23NO2S/c1-4-23-18-8-6-5-7-17(18)20-19(21)13-22-16-11-9-15(10-12-16)14(2)3/h5-12,14H,4,13H2,1-3H3,(H,20,21). The first-order valence-electron chi connectivity index (χ1n) is 7.84. The minimum atomic E-state index is -0.151. The van der Waals surface area contributed by atoms with Crippen LogP contribution >= 0.6 is 11.8 Å². The monoisotopic (exact) mass is 329 g/mol. The predicted octanol–water partition coefficient (Wildman–Crippen LogP) is 4.94. The van der Waals surface area contributed by atoms with Crippen LogP contribution in [0.1, 0.15) is 32.3 Å². The summed E-state index contributed by atoms with van der Waals surface area (Å²) in [4.78, 5) is 13.1. The molecule has 23 heavy (non-hydrogen) atoms. The Morgan fingerprint density at radius 1 is 1.13 bits per heavy atom. The van der Waals surface area contributed by atoms with E-state index in [9.17, 15) is 4.79 Å². The van der Waals surface area contributed by atoms with Crippen LogP contribution in [0, 0.1) is 0 Å². The Bertz CT molecular complexity index is 638. The molecule has 0 radical (unpaired) electrons. The molecule has 4 heteroatoms. The lowest BCUT2D eigenvalue weighted by molar-refractivity contribution is -0.118. The summed E-state index contributed by atoms with van der Waals surface area (Å²) in [6.07, 6.45) is 0. The molecule has 0 bridgehead atoms. The number of thioether (sulfide) groups is 1. The van der Waals surface area contributed by atoms with E-state index in [4.69, 9.17) is 4.74 Å². The van der Waals surface area contributed by atoms with Crippen molar-refractivity contribution in [3.63, 3.8) is 0 Å². The molecule has 0 unspecified atom stereocenters.